The van der Waals surface area contributed by atoms with Crippen molar-refractivity contribution in [3.8, 4) is 0 Å². The molecule has 1 aromatic heterocycles. The van der Waals surface area contributed by atoms with Crippen LogP contribution in [0.4, 0.5) is 11.4 Å². The number of nitrogens with one attached hydrogen (secondary N) is 1. The molecule has 3 N–H and O–H groups in total. The molecule has 108 valence electrons. The average molecular weight is 285 g/mol. The molecule has 0 saturated heterocycles. The van der Waals surface area contributed by atoms with Crippen molar-refractivity contribution in [2.45, 2.75) is 6.92 Å². The Hall–Kier alpha value is -2.89. The highest BCUT2D eigenvalue weighted by Gasteiger charge is 2.11. The van der Waals surface area contributed by atoms with Crippen molar-refractivity contribution in [2.75, 3.05) is 17.7 Å². The number of nitrogen functional groups attached to an aromatic ring is 1. The van der Waals surface area contributed by atoms with Gasteiger partial charge in [0.2, 0.25) is 0 Å². The van der Waals surface area contributed by atoms with Crippen molar-refractivity contribution in [3.63, 3.8) is 0 Å². The summed E-state index contributed by atoms with van der Waals surface area (Å²) in [5.74, 6) is -1.09. The number of esters is 1. The monoisotopic (exact) mass is 285 g/mol. The lowest BCUT2D eigenvalue weighted by atomic mass is 10.2. The van der Waals surface area contributed by atoms with Crippen LogP contribution in [0.5, 0.6) is 0 Å². The molecule has 2 aromatic rings. The maximum absolute atomic E-state index is 11.7. The van der Waals surface area contributed by atoms with Crippen molar-refractivity contribution in [2.24, 2.45) is 0 Å². The Morgan fingerprint density at radius 1 is 1.19 bits per heavy atom. The average Bonchev–Trinajstić information content (AvgIpc) is 2.48. The van der Waals surface area contributed by atoms with Gasteiger partial charge in [0.15, 0.2) is 6.61 Å². The summed E-state index contributed by atoms with van der Waals surface area (Å²) in [6.45, 7) is 1.58. The number of nitrogens with zero attached hydrogens (tertiary/aromatic N) is 1. The normalized spacial score (nSPS) is 9.95. The van der Waals surface area contributed by atoms with Crippen molar-refractivity contribution < 1.29 is 14.3 Å². The Morgan fingerprint density at radius 3 is 2.52 bits per heavy atom. The van der Waals surface area contributed by atoms with E-state index in [9.17, 15) is 9.59 Å². The molecule has 0 aliphatic heterocycles. The van der Waals surface area contributed by atoms with Gasteiger partial charge >= 0.3 is 5.97 Å². The molecule has 0 atom stereocenters. The number of pyridine rings is 1. The maximum Gasteiger partial charge on any atom is 0.357 e. The second-order valence-corrected chi connectivity index (χ2v) is 4.47. The van der Waals surface area contributed by atoms with Gasteiger partial charge in [-0.1, -0.05) is 17.7 Å². The van der Waals surface area contributed by atoms with Gasteiger partial charge in [-0.2, -0.15) is 0 Å². The first-order chi connectivity index (χ1) is 10.0. The second-order valence-electron chi connectivity index (χ2n) is 4.47. The fraction of sp³-hybridized carbons (Fsp3) is 0.133. The number of amides is 1. The van der Waals surface area contributed by atoms with Crippen LogP contribution in [0, 0.1) is 6.92 Å². The number of nitrogens with two attached hydrogens (primary N) is 1. The summed E-state index contributed by atoms with van der Waals surface area (Å²) >= 11 is 0. The summed E-state index contributed by atoms with van der Waals surface area (Å²) in [5.41, 5.74) is 7.76. The van der Waals surface area contributed by atoms with E-state index in [0.717, 1.165) is 5.56 Å². The fourth-order valence-electron chi connectivity index (χ4n) is 1.57. The molecule has 0 saturated carbocycles. The Morgan fingerprint density at radius 2 is 1.90 bits per heavy atom. The van der Waals surface area contributed by atoms with Gasteiger partial charge in [-0.05, 0) is 31.2 Å². The highest BCUT2D eigenvalue weighted by atomic mass is 16.5. The number of rotatable bonds is 4. The summed E-state index contributed by atoms with van der Waals surface area (Å²) in [5, 5.41) is 2.63. The summed E-state index contributed by atoms with van der Waals surface area (Å²) in [4.78, 5) is 27.1. The van der Waals surface area contributed by atoms with Gasteiger partial charge in [0, 0.05) is 5.69 Å². The first kappa shape index (κ1) is 14.5. The van der Waals surface area contributed by atoms with Crippen LogP contribution < -0.4 is 11.1 Å². The van der Waals surface area contributed by atoms with Crippen LogP contribution in [-0.2, 0) is 9.53 Å². The third kappa shape index (κ3) is 4.31. The summed E-state index contributed by atoms with van der Waals surface area (Å²) in [7, 11) is 0. The van der Waals surface area contributed by atoms with Crippen LogP contribution in [0.3, 0.4) is 0 Å². The van der Waals surface area contributed by atoms with Crippen LogP contribution in [0.15, 0.2) is 42.6 Å². The Balaban J connectivity index is 1.84. The summed E-state index contributed by atoms with van der Waals surface area (Å²) in [6, 6.07) is 10.3. The van der Waals surface area contributed by atoms with Gasteiger partial charge in [0.25, 0.3) is 5.91 Å². The molecule has 0 radical (unpaired) electrons. The quantitative estimate of drug-likeness (QED) is 0.835. The molecule has 0 unspecified atom stereocenters. The number of aryl methyl sites for hydroxylation is 1. The van der Waals surface area contributed by atoms with Crippen LogP contribution in [0.1, 0.15) is 16.1 Å². The number of carbonyl (C=O) groups excluding carboxylic acids is 2. The van der Waals surface area contributed by atoms with E-state index in [1.165, 1.54) is 18.3 Å². The van der Waals surface area contributed by atoms with Gasteiger partial charge in [0.05, 0.1) is 11.9 Å². The third-order valence-corrected chi connectivity index (χ3v) is 2.67. The number of carbonyl (C=O) groups is 2. The number of aromatic nitrogens is 1. The SMILES string of the molecule is Cc1ccc(NC(=O)COC(=O)c2ccc(N)cn2)cc1. The zero-order chi connectivity index (χ0) is 15.2. The standard InChI is InChI=1S/C15H15N3O3/c1-10-2-5-12(6-3-10)18-14(19)9-21-15(20)13-7-4-11(16)8-17-13/h2-8H,9,16H2,1H3,(H,18,19). The molecular formula is C15H15N3O3. The Bertz CT molecular complexity index is 636. The molecule has 6 heteroatoms. The maximum atomic E-state index is 11.7. The molecule has 1 heterocycles. The minimum atomic E-state index is -0.672. The lowest BCUT2D eigenvalue weighted by molar-refractivity contribution is -0.119. The summed E-state index contributed by atoms with van der Waals surface area (Å²) in [6.07, 6.45) is 1.35. The predicted octanol–water partition coefficient (Wildman–Crippen LogP) is 1.77. The molecule has 1 aromatic carbocycles. The van der Waals surface area contributed by atoms with Gasteiger partial charge in [-0.25, -0.2) is 9.78 Å². The zero-order valence-corrected chi connectivity index (χ0v) is 11.5. The van der Waals surface area contributed by atoms with E-state index in [1.807, 2.05) is 19.1 Å². The van der Waals surface area contributed by atoms with Crippen LogP contribution in [-0.4, -0.2) is 23.5 Å². The molecule has 2 rings (SSSR count). The molecule has 1 amide bonds. The molecule has 0 aliphatic rings. The Labute approximate surface area is 121 Å². The lowest BCUT2D eigenvalue weighted by Gasteiger charge is -2.06. The van der Waals surface area contributed by atoms with Crippen molar-refractivity contribution in [1.29, 1.82) is 0 Å². The van der Waals surface area contributed by atoms with E-state index < -0.39 is 11.9 Å². The topological polar surface area (TPSA) is 94.3 Å². The Kier molecular flexibility index (Phi) is 4.50. The fourth-order valence-corrected chi connectivity index (χ4v) is 1.57. The van der Waals surface area contributed by atoms with Gasteiger partial charge < -0.3 is 15.8 Å². The zero-order valence-electron chi connectivity index (χ0n) is 11.5. The minimum absolute atomic E-state index is 0.104. The van der Waals surface area contributed by atoms with Crippen molar-refractivity contribution >= 4 is 23.3 Å². The number of ether oxygens (including phenoxy) is 1. The van der Waals surface area contributed by atoms with E-state index in [1.54, 1.807) is 12.1 Å². The van der Waals surface area contributed by atoms with E-state index in [-0.39, 0.29) is 12.3 Å². The van der Waals surface area contributed by atoms with Crippen LogP contribution in [0.25, 0.3) is 0 Å². The molecule has 6 nitrogen and oxygen atoms in total. The predicted molar refractivity (Wildman–Crippen MR) is 78.7 cm³/mol. The smallest absolute Gasteiger partial charge is 0.357 e. The molecule has 21 heavy (non-hydrogen) atoms. The second kappa shape index (κ2) is 6.51. The molecule has 0 aliphatic carbocycles. The van der Waals surface area contributed by atoms with E-state index in [4.69, 9.17) is 10.5 Å². The number of benzene rings is 1. The minimum Gasteiger partial charge on any atom is -0.451 e. The van der Waals surface area contributed by atoms with Crippen molar-refractivity contribution in [1.82, 2.24) is 4.98 Å². The molecule has 0 bridgehead atoms. The van der Waals surface area contributed by atoms with Gasteiger partial charge in [-0.3, -0.25) is 4.79 Å². The van der Waals surface area contributed by atoms with Crippen LogP contribution in [0.2, 0.25) is 0 Å². The van der Waals surface area contributed by atoms with Gasteiger partial charge in [0.1, 0.15) is 5.69 Å². The summed E-state index contributed by atoms with van der Waals surface area (Å²) < 4.78 is 4.87. The van der Waals surface area contributed by atoms with E-state index in [2.05, 4.69) is 10.3 Å². The van der Waals surface area contributed by atoms with Crippen molar-refractivity contribution in [3.05, 3.63) is 53.9 Å². The number of anilines is 2. The molecule has 0 fully saturated rings. The lowest BCUT2D eigenvalue weighted by Crippen LogP contribution is -2.21. The molecule has 0 spiro atoms. The van der Waals surface area contributed by atoms with Gasteiger partial charge in [-0.15, -0.1) is 0 Å². The number of hydrogen-bond donors (Lipinski definition) is 2. The van der Waals surface area contributed by atoms with E-state index >= 15 is 0 Å². The first-order valence-electron chi connectivity index (χ1n) is 6.30. The first-order valence-corrected chi connectivity index (χ1v) is 6.30. The highest BCUT2D eigenvalue weighted by Crippen LogP contribution is 2.08. The number of hydrogen-bond acceptors (Lipinski definition) is 5. The third-order valence-electron chi connectivity index (χ3n) is 2.67. The van der Waals surface area contributed by atoms with E-state index in [0.29, 0.717) is 11.4 Å². The highest BCUT2D eigenvalue weighted by molar-refractivity contribution is 5.94. The molecular weight excluding hydrogens is 270 g/mol. The van der Waals surface area contributed by atoms with Crippen LogP contribution >= 0.6 is 0 Å². The largest absolute Gasteiger partial charge is 0.451 e.